The van der Waals surface area contributed by atoms with E-state index in [0.29, 0.717) is 17.0 Å². The Balaban J connectivity index is 2.33. The number of benzene rings is 2. The number of anilines is 1. The molecule has 0 unspecified atom stereocenters. The Morgan fingerprint density at radius 1 is 1.05 bits per heavy atom. The molecular weight excluding hydrogens is 240 g/mol. The number of nitrogens with two attached hydrogens (primary N) is 2. The number of carbonyl (C=O) groups excluding carboxylic acids is 1. The van der Waals surface area contributed by atoms with E-state index in [1.807, 2.05) is 32.0 Å². The van der Waals surface area contributed by atoms with Gasteiger partial charge in [-0.2, -0.15) is 0 Å². The second-order valence-corrected chi connectivity index (χ2v) is 4.49. The van der Waals surface area contributed by atoms with E-state index in [1.54, 1.807) is 12.1 Å². The van der Waals surface area contributed by atoms with Gasteiger partial charge in [0, 0.05) is 5.56 Å². The lowest BCUT2D eigenvalue weighted by atomic mass is 10.1. The molecule has 0 fully saturated rings. The highest BCUT2D eigenvalue weighted by molar-refractivity contribution is 5.94. The summed E-state index contributed by atoms with van der Waals surface area (Å²) in [7, 11) is 0. The van der Waals surface area contributed by atoms with Gasteiger partial charge in [0.2, 0.25) is 5.91 Å². The first-order valence-electron chi connectivity index (χ1n) is 5.92. The maximum Gasteiger partial charge on any atom is 0.248 e. The average Bonchev–Trinajstić information content (AvgIpc) is 2.36. The van der Waals surface area contributed by atoms with E-state index >= 15 is 0 Å². The number of primary amides is 1. The van der Waals surface area contributed by atoms with E-state index in [-0.39, 0.29) is 0 Å². The van der Waals surface area contributed by atoms with Gasteiger partial charge in [0.25, 0.3) is 0 Å². The molecule has 1 amide bonds. The molecule has 19 heavy (non-hydrogen) atoms. The van der Waals surface area contributed by atoms with Gasteiger partial charge in [-0.3, -0.25) is 4.79 Å². The van der Waals surface area contributed by atoms with Crippen molar-refractivity contribution in [1.82, 2.24) is 0 Å². The van der Waals surface area contributed by atoms with E-state index in [1.165, 1.54) is 6.07 Å². The van der Waals surface area contributed by atoms with Crippen molar-refractivity contribution in [2.75, 3.05) is 5.73 Å². The monoisotopic (exact) mass is 256 g/mol. The minimum absolute atomic E-state index is 0.366. The van der Waals surface area contributed by atoms with Crippen LogP contribution in [0.3, 0.4) is 0 Å². The van der Waals surface area contributed by atoms with Crippen molar-refractivity contribution in [3.63, 3.8) is 0 Å². The van der Waals surface area contributed by atoms with Gasteiger partial charge in [-0.05, 0) is 49.2 Å². The summed E-state index contributed by atoms with van der Waals surface area (Å²) >= 11 is 0. The summed E-state index contributed by atoms with van der Waals surface area (Å²) in [6.45, 7) is 3.95. The van der Waals surface area contributed by atoms with Crippen LogP contribution in [0.4, 0.5) is 5.69 Å². The molecule has 4 heteroatoms. The van der Waals surface area contributed by atoms with Crippen LogP contribution in [-0.2, 0) is 0 Å². The topological polar surface area (TPSA) is 78.3 Å². The van der Waals surface area contributed by atoms with E-state index in [4.69, 9.17) is 16.2 Å². The van der Waals surface area contributed by atoms with Crippen LogP contribution in [0.15, 0.2) is 36.4 Å². The summed E-state index contributed by atoms with van der Waals surface area (Å²) in [5, 5.41) is 0. The Morgan fingerprint density at radius 3 is 2.42 bits per heavy atom. The van der Waals surface area contributed by atoms with Crippen molar-refractivity contribution < 1.29 is 9.53 Å². The average molecular weight is 256 g/mol. The van der Waals surface area contributed by atoms with Gasteiger partial charge in [0.05, 0.1) is 5.69 Å². The minimum Gasteiger partial charge on any atom is -0.455 e. The third-order valence-corrected chi connectivity index (χ3v) is 2.86. The van der Waals surface area contributed by atoms with Crippen LogP contribution in [0, 0.1) is 13.8 Å². The molecule has 0 atom stereocenters. The second-order valence-electron chi connectivity index (χ2n) is 4.49. The number of rotatable bonds is 3. The summed E-state index contributed by atoms with van der Waals surface area (Å²) in [6, 6.07) is 10.7. The first kappa shape index (κ1) is 13.0. The number of amides is 1. The lowest BCUT2D eigenvalue weighted by Crippen LogP contribution is -2.11. The number of ether oxygens (including phenoxy) is 1. The molecule has 0 aliphatic carbocycles. The predicted molar refractivity (Wildman–Crippen MR) is 75.4 cm³/mol. The van der Waals surface area contributed by atoms with Crippen molar-refractivity contribution in [3.8, 4) is 11.5 Å². The number of aryl methyl sites for hydroxylation is 2. The summed E-state index contributed by atoms with van der Waals surface area (Å²) in [5.74, 6) is 0.752. The highest BCUT2D eigenvalue weighted by atomic mass is 16.5. The highest BCUT2D eigenvalue weighted by Gasteiger charge is 2.08. The quantitative estimate of drug-likeness (QED) is 0.829. The van der Waals surface area contributed by atoms with E-state index in [0.717, 1.165) is 16.9 Å². The lowest BCUT2D eigenvalue weighted by Gasteiger charge is -2.12. The third kappa shape index (κ3) is 2.85. The smallest absolute Gasteiger partial charge is 0.248 e. The number of hydrogen-bond donors (Lipinski definition) is 2. The number of carbonyl (C=O) groups is 1. The Hall–Kier alpha value is -2.49. The molecule has 4 N–H and O–H groups in total. The molecule has 0 aromatic heterocycles. The van der Waals surface area contributed by atoms with Gasteiger partial charge in [0.1, 0.15) is 11.5 Å². The van der Waals surface area contributed by atoms with Gasteiger partial charge in [0.15, 0.2) is 0 Å². The number of hydrogen-bond acceptors (Lipinski definition) is 3. The van der Waals surface area contributed by atoms with Crippen molar-refractivity contribution in [1.29, 1.82) is 0 Å². The van der Waals surface area contributed by atoms with Crippen LogP contribution < -0.4 is 16.2 Å². The van der Waals surface area contributed by atoms with Gasteiger partial charge in [-0.15, -0.1) is 0 Å². The Kier molecular flexibility index (Phi) is 3.42. The fourth-order valence-electron chi connectivity index (χ4n) is 1.73. The zero-order chi connectivity index (χ0) is 14.0. The van der Waals surface area contributed by atoms with Crippen molar-refractivity contribution in [3.05, 3.63) is 53.1 Å². The first-order valence-corrected chi connectivity index (χ1v) is 5.92. The third-order valence-electron chi connectivity index (χ3n) is 2.86. The molecular formula is C15H16N2O2. The minimum atomic E-state index is -0.509. The number of nitrogen functional groups attached to an aromatic ring is 1. The van der Waals surface area contributed by atoms with Crippen LogP contribution >= 0.6 is 0 Å². The zero-order valence-electron chi connectivity index (χ0n) is 10.9. The predicted octanol–water partition coefficient (Wildman–Crippen LogP) is 2.78. The van der Waals surface area contributed by atoms with Gasteiger partial charge in [-0.1, -0.05) is 12.1 Å². The molecule has 0 spiro atoms. The van der Waals surface area contributed by atoms with E-state index in [9.17, 15) is 4.79 Å². The Bertz CT molecular complexity index is 636. The Morgan fingerprint density at radius 2 is 1.79 bits per heavy atom. The summed E-state index contributed by atoms with van der Waals surface area (Å²) < 4.78 is 5.78. The Labute approximate surface area is 112 Å². The molecule has 2 aromatic carbocycles. The molecule has 2 rings (SSSR count). The van der Waals surface area contributed by atoms with Crippen molar-refractivity contribution in [2.24, 2.45) is 5.73 Å². The molecule has 0 saturated heterocycles. The van der Waals surface area contributed by atoms with Crippen LogP contribution in [0.2, 0.25) is 0 Å². The molecule has 0 saturated carbocycles. The maximum atomic E-state index is 11.0. The van der Waals surface area contributed by atoms with Crippen LogP contribution in [0.1, 0.15) is 21.5 Å². The van der Waals surface area contributed by atoms with Crippen LogP contribution in [0.5, 0.6) is 11.5 Å². The standard InChI is InChI=1S/C15H16N2O2/c1-9-3-4-10(2)14(7-9)19-13-6-5-11(15(17)18)8-12(13)16/h3-8H,16H2,1-2H3,(H2,17,18). The van der Waals surface area contributed by atoms with Gasteiger partial charge < -0.3 is 16.2 Å². The van der Waals surface area contributed by atoms with E-state index in [2.05, 4.69) is 0 Å². The zero-order valence-corrected chi connectivity index (χ0v) is 10.9. The van der Waals surface area contributed by atoms with Crippen molar-refractivity contribution >= 4 is 11.6 Å². The highest BCUT2D eigenvalue weighted by Crippen LogP contribution is 2.30. The first-order chi connectivity index (χ1) is 8.97. The molecule has 0 aliphatic heterocycles. The molecule has 0 heterocycles. The molecule has 0 radical (unpaired) electrons. The van der Waals surface area contributed by atoms with Gasteiger partial charge >= 0.3 is 0 Å². The molecule has 4 nitrogen and oxygen atoms in total. The molecule has 2 aromatic rings. The summed E-state index contributed by atoms with van der Waals surface area (Å²) in [6.07, 6.45) is 0. The normalized spacial score (nSPS) is 10.2. The van der Waals surface area contributed by atoms with E-state index < -0.39 is 5.91 Å². The van der Waals surface area contributed by atoms with Crippen LogP contribution in [0.25, 0.3) is 0 Å². The SMILES string of the molecule is Cc1ccc(C)c(Oc2ccc(C(N)=O)cc2N)c1. The largest absolute Gasteiger partial charge is 0.455 e. The van der Waals surface area contributed by atoms with Crippen LogP contribution in [-0.4, -0.2) is 5.91 Å². The molecule has 98 valence electrons. The molecule has 0 aliphatic rings. The summed E-state index contributed by atoms with van der Waals surface area (Å²) in [4.78, 5) is 11.0. The summed E-state index contributed by atoms with van der Waals surface area (Å²) in [5.41, 5.74) is 13.9. The maximum absolute atomic E-state index is 11.0. The molecule has 0 bridgehead atoms. The fraction of sp³-hybridized carbons (Fsp3) is 0.133. The fourth-order valence-corrected chi connectivity index (χ4v) is 1.73. The second kappa shape index (κ2) is 5.02. The lowest BCUT2D eigenvalue weighted by molar-refractivity contribution is 0.100. The van der Waals surface area contributed by atoms with Gasteiger partial charge in [-0.25, -0.2) is 0 Å². The van der Waals surface area contributed by atoms with Crippen molar-refractivity contribution in [2.45, 2.75) is 13.8 Å².